The maximum Gasteiger partial charge on any atom is 0.309 e. The molecule has 6 aliphatic rings. The largest absolute Gasteiger partial charge is 0.457 e. The van der Waals surface area contributed by atoms with Crippen molar-refractivity contribution >= 4 is 17.9 Å². The zero-order valence-electron chi connectivity index (χ0n) is 50.3. The third kappa shape index (κ3) is 18.9. The van der Waals surface area contributed by atoms with E-state index in [1.807, 2.05) is 0 Å². The molecule has 6 fully saturated rings. The number of aliphatic hydroxyl groups excluding tert-OH is 8. The summed E-state index contributed by atoms with van der Waals surface area (Å²) in [5, 5.41) is 91.5. The van der Waals surface area contributed by atoms with Gasteiger partial charge in [0.2, 0.25) is 0 Å². The second-order valence-corrected chi connectivity index (χ2v) is 23.9. The highest BCUT2D eigenvalue weighted by atomic mass is 16.8. The lowest BCUT2D eigenvalue weighted by molar-refractivity contribution is -0.399. The summed E-state index contributed by atoms with van der Waals surface area (Å²) in [7, 11) is 0. The van der Waals surface area contributed by atoms with E-state index in [0.29, 0.717) is 32.1 Å². The molecule has 2 bridgehead atoms. The molecule has 6 rings (SSSR count). The molecule has 6 saturated heterocycles. The second kappa shape index (κ2) is 33.9. The molecule has 0 radical (unpaired) electrons. The Morgan fingerprint density at radius 1 is 0.482 bits per heavy atom. The predicted octanol–water partition coefficient (Wildman–Crippen LogP) is 3.77. The first kappa shape index (κ1) is 69.8. The maximum atomic E-state index is 14.2. The number of hydrogen-bond donors (Lipinski definition) is 8. The Bertz CT molecular complexity index is 1920. The van der Waals surface area contributed by atoms with Crippen LogP contribution in [-0.2, 0) is 76.0 Å². The Balaban J connectivity index is 1.37. The normalized spacial score (nSPS) is 43.1. The third-order valence-electron chi connectivity index (χ3n) is 17.2. The van der Waals surface area contributed by atoms with Crippen molar-refractivity contribution in [3.63, 3.8) is 0 Å². The van der Waals surface area contributed by atoms with Crippen LogP contribution in [-0.4, -0.2) is 218 Å². The number of unbranched alkanes of at least 4 members (excludes halogenated alkanes) is 6. The molecule has 83 heavy (non-hydrogen) atoms. The number of carbonyl (C=O) groups excluding carboxylic acids is 3. The molecular formula is C59H102O24. The summed E-state index contributed by atoms with van der Waals surface area (Å²) in [6, 6.07) is 0. The minimum absolute atomic E-state index is 0.0260. The van der Waals surface area contributed by atoms with Crippen LogP contribution in [0.25, 0.3) is 0 Å². The number of aliphatic hydroxyl groups is 8. The lowest BCUT2D eigenvalue weighted by Gasteiger charge is -2.51. The van der Waals surface area contributed by atoms with E-state index in [0.717, 1.165) is 83.5 Å². The topological polar surface area (TPSA) is 333 Å². The van der Waals surface area contributed by atoms with Gasteiger partial charge in [-0.3, -0.25) is 14.4 Å². The molecule has 6 heterocycles. The summed E-state index contributed by atoms with van der Waals surface area (Å²) in [6.45, 7) is 15.3. The van der Waals surface area contributed by atoms with Crippen LogP contribution in [0, 0.1) is 5.92 Å². The van der Waals surface area contributed by atoms with Gasteiger partial charge in [0.15, 0.2) is 49.8 Å². The molecule has 0 aromatic carbocycles. The van der Waals surface area contributed by atoms with Crippen molar-refractivity contribution < 1.29 is 117 Å². The molecule has 6 aliphatic heterocycles. The fourth-order valence-electron chi connectivity index (χ4n) is 11.6. The SMILES string of the molecule is CCCCCCCC(=O)OC1C(OC2C(C)OC3OC4C(OC(CCCCC)CCCCCCCCCC(=O)OC2C3O)OC(C)C(O)C4O)OC(C)C(OC2OC(C)C(OC(=O)C(C)CC)C(O)C2O)C1OC1OC(C)C(O)C(O)C1O. The van der Waals surface area contributed by atoms with Gasteiger partial charge in [-0.25, -0.2) is 0 Å². The number of fused-ring (bicyclic) bond motifs is 3. The highest BCUT2D eigenvalue weighted by molar-refractivity contribution is 5.72. The lowest BCUT2D eigenvalue weighted by Crippen LogP contribution is -2.68. The average molecular weight is 1200 g/mol. The van der Waals surface area contributed by atoms with Crippen LogP contribution in [0.3, 0.4) is 0 Å². The summed E-state index contributed by atoms with van der Waals surface area (Å²) < 4.78 is 82.1. The second-order valence-electron chi connectivity index (χ2n) is 23.9. The number of ether oxygens (including phenoxy) is 13. The van der Waals surface area contributed by atoms with Gasteiger partial charge in [0, 0.05) is 12.8 Å². The molecule has 0 aromatic rings. The van der Waals surface area contributed by atoms with E-state index >= 15 is 0 Å². The molecule has 0 aliphatic carbocycles. The fourth-order valence-corrected chi connectivity index (χ4v) is 11.6. The quantitative estimate of drug-likeness (QED) is 0.0489. The van der Waals surface area contributed by atoms with Gasteiger partial charge in [-0.05, 0) is 66.7 Å². The zero-order chi connectivity index (χ0) is 60.7. The van der Waals surface area contributed by atoms with Crippen LogP contribution in [0.5, 0.6) is 0 Å². The number of rotatable bonds is 20. The van der Waals surface area contributed by atoms with Crippen LogP contribution < -0.4 is 0 Å². The van der Waals surface area contributed by atoms with Gasteiger partial charge >= 0.3 is 17.9 Å². The first-order valence-electron chi connectivity index (χ1n) is 31.2. The Morgan fingerprint density at radius 3 is 1.71 bits per heavy atom. The van der Waals surface area contributed by atoms with Gasteiger partial charge < -0.3 is 102 Å². The minimum Gasteiger partial charge on any atom is -0.457 e. The summed E-state index contributed by atoms with van der Waals surface area (Å²) in [5.41, 5.74) is 0. The van der Waals surface area contributed by atoms with Crippen molar-refractivity contribution in [1.29, 1.82) is 0 Å². The van der Waals surface area contributed by atoms with Crippen molar-refractivity contribution in [2.24, 2.45) is 5.92 Å². The lowest BCUT2D eigenvalue weighted by atomic mass is 9.95. The van der Waals surface area contributed by atoms with E-state index in [1.165, 1.54) is 20.8 Å². The van der Waals surface area contributed by atoms with Crippen LogP contribution in [0.4, 0.5) is 0 Å². The van der Waals surface area contributed by atoms with Crippen LogP contribution in [0.2, 0.25) is 0 Å². The molecule has 0 spiro atoms. The Labute approximate surface area is 489 Å². The Hall–Kier alpha value is -2.31. The van der Waals surface area contributed by atoms with Gasteiger partial charge in [0.05, 0.1) is 42.5 Å². The molecular weight excluding hydrogens is 1090 g/mol. The molecule has 0 saturated carbocycles. The smallest absolute Gasteiger partial charge is 0.309 e. The molecule has 24 nitrogen and oxygen atoms in total. The zero-order valence-corrected chi connectivity index (χ0v) is 50.3. The van der Waals surface area contributed by atoms with Crippen molar-refractivity contribution in [3.05, 3.63) is 0 Å². The van der Waals surface area contributed by atoms with Crippen molar-refractivity contribution in [2.75, 3.05) is 0 Å². The molecule has 0 aromatic heterocycles. The Kier molecular flexibility index (Phi) is 28.5. The molecule has 24 heteroatoms. The summed E-state index contributed by atoms with van der Waals surface area (Å²) >= 11 is 0. The van der Waals surface area contributed by atoms with E-state index < -0.39 is 177 Å². The average Bonchev–Trinajstić information content (AvgIpc) is 3.51. The van der Waals surface area contributed by atoms with Crippen molar-refractivity contribution in [2.45, 2.75) is 350 Å². The molecule has 27 atom stereocenters. The monoisotopic (exact) mass is 1190 g/mol. The van der Waals surface area contributed by atoms with E-state index in [-0.39, 0.29) is 18.9 Å². The summed E-state index contributed by atoms with van der Waals surface area (Å²) in [6.07, 6.45) is -23.8. The van der Waals surface area contributed by atoms with Crippen LogP contribution in [0.1, 0.15) is 191 Å². The molecule has 0 amide bonds. The third-order valence-corrected chi connectivity index (χ3v) is 17.2. The predicted molar refractivity (Wildman–Crippen MR) is 292 cm³/mol. The fraction of sp³-hybridized carbons (Fsp3) is 0.949. The first-order chi connectivity index (χ1) is 39.6. The highest BCUT2D eigenvalue weighted by Crippen LogP contribution is 2.39. The van der Waals surface area contributed by atoms with Gasteiger partial charge in [-0.2, -0.15) is 0 Å². The van der Waals surface area contributed by atoms with Crippen molar-refractivity contribution in [3.8, 4) is 0 Å². The number of esters is 3. The van der Waals surface area contributed by atoms with Gasteiger partial charge in [0.25, 0.3) is 0 Å². The van der Waals surface area contributed by atoms with Gasteiger partial charge in [-0.1, -0.05) is 111 Å². The van der Waals surface area contributed by atoms with E-state index in [4.69, 9.17) is 61.6 Å². The van der Waals surface area contributed by atoms with E-state index in [9.17, 15) is 55.2 Å². The standard InChI is InChI=1S/C59H102O24/c1-10-13-15-19-24-29-38(61)78-53-52(83-55-44(67)41(64)39(62)31(5)71-55)49(80-56-45(68)43(66)47(33(7)73-56)79-54(70)30(4)12-3)35(9)75-59(53)81-48-34(8)74-57-46(69)50(48)77-37(60)28-25-21-18-16-17-20-23-27-36(26-22-14-11-2)76-58-51(82-57)42(65)40(63)32(6)72-58/h30-36,39-53,55-59,62-69H,10-29H2,1-9H3. The molecule has 482 valence electrons. The molecule has 27 unspecified atom stereocenters. The summed E-state index contributed by atoms with van der Waals surface area (Å²) in [5.74, 6) is -2.58. The number of hydrogen-bond acceptors (Lipinski definition) is 24. The number of carbonyl (C=O) groups is 3. The summed E-state index contributed by atoms with van der Waals surface area (Å²) in [4.78, 5) is 41.0. The maximum absolute atomic E-state index is 14.2. The highest BCUT2D eigenvalue weighted by Gasteiger charge is 2.58. The van der Waals surface area contributed by atoms with E-state index in [2.05, 4.69) is 13.8 Å². The van der Waals surface area contributed by atoms with Crippen LogP contribution in [0.15, 0.2) is 0 Å². The van der Waals surface area contributed by atoms with Gasteiger partial charge in [-0.15, -0.1) is 0 Å². The minimum atomic E-state index is -1.90. The van der Waals surface area contributed by atoms with E-state index in [1.54, 1.807) is 27.7 Å². The Morgan fingerprint density at radius 2 is 1.02 bits per heavy atom. The van der Waals surface area contributed by atoms with Crippen molar-refractivity contribution in [1.82, 2.24) is 0 Å². The first-order valence-corrected chi connectivity index (χ1v) is 31.2. The van der Waals surface area contributed by atoms with Gasteiger partial charge in [0.1, 0.15) is 73.2 Å². The molecule has 8 N–H and O–H groups in total. The van der Waals surface area contributed by atoms with Crippen LogP contribution >= 0.6 is 0 Å².